The number of nitrogens with one attached hydrogen (secondary N) is 1. The molecule has 2 aromatic carbocycles. The largest absolute Gasteiger partial charge is 0.497 e. The first-order valence-electron chi connectivity index (χ1n) is 8.19. The second-order valence-electron chi connectivity index (χ2n) is 6.09. The van der Waals surface area contributed by atoms with E-state index < -0.39 is 10.0 Å². The van der Waals surface area contributed by atoms with Gasteiger partial charge in [-0.15, -0.1) is 0 Å². The molecule has 140 valence electrons. The van der Waals surface area contributed by atoms with E-state index in [-0.39, 0.29) is 19.0 Å². The van der Waals surface area contributed by atoms with Crippen LogP contribution in [0.4, 0.5) is 5.69 Å². The van der Waals surface area contributed by atoms with Crippen molar-refractivity contribution in [3.63, 3.8) is 0 Å². The van der Waals surface area contributed by atoms with Gasteiger partial charge in [-0.1, -0.05) is 12.1 Å². The molecule has 0 aliphatic rings. The molecule has 6 nitrogen and oxygen atoms in total. The van der Waals surface area contributed by atoms with E-state index in [9.17, 15) is 13.2 Å². The number of hydrogen-bond acceptors (Lipinski definition) is 4. The van der Waals surface area contributed by atoms with Crippen LogP contribution in [-0.4, -0.2) is 40.8 Å². The van der Waals surface area contributed by atoms with Crippen molar-refractivity contribution in [2.75, 3.05) is 30.8 Å². The zero-order valence-corrected chi connectivity index (χ0v) is 16.3. The summed E-state index contributed by atoms with van der Waals surface area (Å²) in [6.45, 7) is 4.24. The Morgan fingerprint density at radius 2 is 1.85 bits per heavy atom. The van der Waals surface area contributed by atoms with Crippen LogP contribution < -0.4 is 14.4 Å². The van der Waals surface area contributed by atoms with Crippen LogP contribution in [0.5, 0.6) is 5.75 Å². The number of aryl methyl sites for hydroxylation is 2. The fourth-order valence-corrected chi connectivity index (χ4v) is 3.43. The van der Waals surface area contributed by atoms with Crippen LogP contribution in [0.25, 0.3) is 0 Å². The van der Waals surface area contributed by atoms with Crippen molar-refractivity contribution in [1.29, 1.82) is 0 Å². The standard InChI is InChI=1S/C19H24N2O4S/c1-14-8-9-16(12-15(14)2)19(22)20-10-11-21(26(4,23)24)17-6-5-7-18(13-17)25-3/h5-9,12-13H,10-11H2,1-4H3,(H,20,22). The number of carbonyl (C=O) groups excluding carboxylic acids is 1. The van der Waals surface area contributed by atoms with E-state index in [4.69, 9.17) is 4.74 Å². The van der Waals surface area contributed by atoms with E-state index in [0.29, 0.717) is 17.0 Å². The maximum Gasteiger partial charge on any atom is 0.251 e. The quantitative estimate of drug-likeness (QED) is 0.806. The first kappa shape index (κ1) is 19.8. The summed E-state index contributed by atoms with van der Waals surface area (Å²) >= 11 is 0. The number of methoxy groups -OCH3 is 1. The second kappa shape index (κ2) is 8.23. The van der Waals surface area contributed by atoms with Crippen LogP contribution in [0.3, 0.4) is 0 Å². The number of anilines is 1. The fraction of sp³-hybridized carbons (Fsp3) is 0.316. The molecule has 0 saturated carbocycles. The summed E-state index contributed by atoms with van der Waals surface area (Å²) < 4.78 is 30.7. The van der Waals surface area contributed by atoms with Gasteiger partial charge in [0.25, 0.3) is 5.91 Å². The molecular weight excluding hydrogens is 352 g/mol. The lowest BCUT2D eigenvalue weighted by atomic mass is 10.1. The van der Waals surface area contributed by atoms with Gasteiger partial charge in [-0.2, -0.15) is 0 Å². The number of hydrogen-bond donors (Lipinski definition) is 1. The number of rotatable bonds is 7. The molecule has 0 heterocycles. The molecule has 1 amide bonds. The minimum absolute atomic E-state index is 0.128. The molecule has 26 heavy (non-hydrogen) atoms. The van der Waals surface area contributed by atoms with Crippen LogP contribution in [-0.2, 0) is 10.0 Å². The maximum absolute atomic E-state index is 12.3. The SMILES string of the molecule is COc1cccc(N(CCNC(=O)c2ccc(C)c(C)c2)S(C)(=O)=O)c1. The lowest BCUT2D eigenvalue weighted by molar-refractivity contribution is 0.0954. The van der Waals surface area contributed by atoms with Gasteiger partial charge in [0.2, 0.25) is 10.0 Å². The number of nitrogens with zero attached hydrogens (tertiary/aromatic N) is 1. The third-order valence-corrected chi connectivity index (χ3v) is 5.31. The van der Waals surface area contributed by atoms with Crippen molar-refractivity contribution >= 4 is 21.6 Å². The summed E-state index contributed by atoms with van der Waals surface area (Å²) in [5.74, 6) is 0.336. The van der Waals surface area contributed by atoms with Crippen LogP contribution in [0.1, 0.15) is 21.5 Å². The predicted molar refractivity (Wildman–Crippen MR) is 103 cm³/mol. The third kappa shape index (κ3) is 4.98. The number of ether oxygens (including phenoxy) is 1. The highest BCUT2D eigenvalue weighted by Gasteiger charge is 2.18. The van der Waals surface area contributed by atoms with Gasteiger partial charge >= 0.3 is 0 Å². The van der Waals surface area contributed by atoms with Crippen molar-refractivity contribution < 1.29 is 17.9 Å². The predicted octanol–water partition coefficient (Wildman–Crippen LogP) is 2.51. The summed E-state index contributed by atoms with van der Waals surface area (Å²) in [4.78, 5) is 12.3. The molecule has 0 unspecified atom stereocenters. The van der Waals surface area contributed by atoms with Crippen LogP contribution in [0.15, 0.2) is 42.5 Å². The highest BCUT2D eigenvalue weighted by molar-refractivity contribution is 7.92. The van der Waals surface area contributed by atoms with Crippen molar-refractivity contribution in [3.05, 3.63) is 59.2 Å². The Bertz CT molecular complexity index is 894. The van der Waals surface area contributed by atoms with Crippen LogP contribution >= 0.6 is 0 Å². The minimum Gasteiger partial charge on any atom is -0.497 e. The zero-order valence-electron chi connectivity index (χ0n) is 15.4. The number of benzene rings is 2. The van der Waals surface area contributed by atoms with Gasteiger partial charge in [-0.25, -0.2) is 8.42 Å². The molecule has 1 N–H and O–H groups in total. The molecule has 0 bridgehead atoms. The molecule has 0 aliphatic heterocycles. The molecule has 0 radical (unpaired) electrons. The number of sulfonamides is 1. The fourth-order valence-electron chi connectivity index (χ4n) is 2.51. The Hall–Kier alpha value is -2.54. The lowest BCUT2D eigenvalue weighted by Gasteiger charge is -2.23. The minimum atomic E-state index is -3.49. The van der Waals surface area contributed by atoms with E-state index in [1.54, 1.807) is 30.3 Å². The molecule has 0 aliphatic carbocycles. The molecular formula is C19H24N2O4S. The summed E-state index contributed by atoms with van der Waals surface area (Å²) in [6.07, 6.45) is 1.14. The van der Waals surface area contributed by atoms with Gasteiger partial charge in [-0.05, 0) is 49.2 Å². The Labute approximate surface area is 154 Å². The average Bonchev–Trinajstić information content (AvgIpc) is 2.59. The molecule has 0 atom stereocenters. The van der Waals surface area contributed by atoms with Crippen LogP contribution in [0, 0.1) is 13.8 Å². The van der Waals surface area contributed by atoms with Crippen molar-refractivity contribution in [3.8, 4) is 5.75 Å². The summed E-state index contributed by atoms with van der Waals surface area (Å²) in [5, 5.41) is 2.77. The topological polar surface area (TPSA) is 75.7 Å². The van der Waals surface area contributed by atoms with E-state index >= 15 is 0 Å². The molecule has 0 aromatic heterocycles. The van der Waals surface area contributed by atoms with Gasteiger partial charge in [0, 0.05) is 18.2 Å². The second-order valence-corrected chi connectivity index (χ2v) is 8.00. The molecule has 2 rings (SSSR count). The maximum atomic E-state index is 12.3. The Morgan fingerprint density at radius 1 is 1.12 bits per heavy atom. The molecule has 2 aromatic rings. The summed E-state index contributed by atoms with van der Waals surface area (Å²) in [6, 6.07) is 12.3. The van der Waals surface area contributed by atoms with E-state index in [2.05, 4.69) is 5.32 Å². The van der Waals surface area contributed by atoms with Gasteiger partial charge in [-0.3, -0.25) is 9.10 Å². The van der Waals surface area contributed by atoms with Crippen molar-refractivity contribution in [1.82, 2.24) is 5.32 Å². The third-order valence-electron chi connectivity index (χ3n) is 4.11. The van der Waals surface area contributed by atoms with E-state index in [0.717, 1.165) is 17.4 Å². The first-order chi connectivity index (χ1) is 12.2. The Balaban J connectivity index is 2.08. The molecule has 0 saturated heterocycles. The van der Waals surface area contributed by atoms with Crippen molar-refractivity contribution in [2.45, 2.75) is 13.8 Å². The van der Waals surface area contributed by atoms with Crippen LogP contribution in [0.2, 0.25) is 0 Å². The van der Waals surface area contributed by atoms with Gasteiger partial charge < -0.3 is 10.1 Å². The molecule has 0 spiro atoms. The number of carbonyl (C=O) groups is 1. The summed E-state index contributed by atoms with van der Waals surface area (Å²) in [5.41, 5.74) is 3.20. The lowest BCUT2D eigenvalue weighted by Crippen LogP contribution is -2.38. The highest BCUT2D eigenvalue weighted by Crippen LogP contribution is 2.22. The number of amides is 1. The Morgan fingerprint density at radius 3 is 2.46 bits per heavy atom. The summed E-state index contributed by atoms with van der Waals surface area (Å²) in [7, 11) is -1.97. The van der Waals surface area contributed by atoms with E-state index in [1.807, 2.05) is 26.0 Å². The van der Waals surface area contributed by atoms with Crippen molar-refractivity contribution in [2.24, 2.45) is 0 Å². The normalized spacial score (nSPS) is 11.1. The molecule has 0 fully saturated rings. The average molecular weight is 376 g/mol. The highest BCUT2D eigenvalue weighted by atomic mass is 32.2. The zero-order chi connectivity index (χ0) is 19.3. The Kier molecular flexibility index (Phi) is 6.26. The smallest absolute Gasteiger partial charge is 0.251 e. The monoisotopic (exact) mass is 376 g/mol. The van der Waals surface area contributed by atoms with Gasteiger partial charge in [0.05, 0.1) is 25.6 Å². The van der Waals surface area contributed by atoms with Gasteiger partial charge in [0.1, 0.15) is 5.75 Å². The molecule has 7 heteroatoms. The van der Waals surface area contributed by atoms with Gasteiger partial charge in [0.15, 0.2) is 0 Å². The van der Waals surface area contributed by atoms with E-state index in [1.165, 1.54) is 11.4 Å². The first-order valence-corrected chi connectivity index (χ1v) is 10.0.